The molecule has 0 saturated carbocycles. The van der Waals surface area contributed by atoms with Gasteiger partial charge in [0.15, 0.2) is 5.58 Å². The summed E-state index contributed by atoms with van der Waals surface area (Å²) in [6.45, 7) is 9.57. The molecule has 27 heavy (non-hydrogen) atoms. The van der Waals surface area contributed by atoms with Gasteiger partial charge in [-0.3, -0.25) is 14.0 Å². The Hall–Kier alpha value is -2.57. The SMILES string of the molecule is CCc1nn([C@@H](C)C(=O)N2C[C@H](C)C[C@H](C)C2)c(=O)c2cc3occc3n12. The zero-order valence-electron chi connectivity index (χ0n) is 16.3. The average Bonchev–Trinajstić information content (AvgIpc) is 3.22. The van der Waals surface area contributed by atoms with E-state index in [1.807, 2.05) is 22.3 Å². The number of fused-ring (bicyclic) bond motifs is 3. The summed E-state index contributed by atoms with van der Waals surface area (Å²) >= 11 is 0. The molecule has 144 valence electrons. The van der Waals surface area contributed by atoms with Crippen LogP contribution in [0.2, 0.25) is 0 Å². The van der Waals surface area contributed by atoms with Gasteiger partial charge in [0.05, 0.1) is 11.8 Å². The highest BCUT2D eigenvalue weighted by Gasteiger charge is 2.30. The fourth-order valence-corrected chi connectivity index (χ4v) is 4.40. The molecule has 1 fully saturated rings. The number of amides is 1. The van der Waals surface area contributed by atoms with Crippen molar-refractivity contribution in [3.05, 3.63) is 34.6 Å². The maximum Gasteiger partial charge on any atom is 0.291 e. The molecule has 3 atom stereocenters. The van der Waals surface area contributed by atoms with Crippen LogP contribution >= 0.6 is 0 Å². The van der Waals surface area contributed by atoms with E-state index in [1.165, 1.54) is 4.68 Å². The number of furan rings is 1. The Kier molecular flexibility index (Phi) is 4.32. The molecule has 0 aliphatic carbocycles. The Bertz CT molecular complexity index is 1050. The smallest absolute Gasteiger partial charge is 0.291 e. The molecule has 1 aliphatic rings. The molecular weight excluding hydrogens is 344 g/mol. The Labute approximate surface area is 157 Å². The topological polar surface area (TPSA) is 72.8 Å². The molecule has 1 aliphatic heterocycles. The predicted molar refractivity (Wildman–Crippen MR) is 103 cm³/mol. The molecule has 7 nitrogen and oxygen atoms in total. The van der Waals surface area contributed by atoms with Crippen molar-refractivity contribution in [2.45, 2.75) is 46.6 Å². The minimum Gasteiger partial charge on any atom is -0.463 e. The Balaban J connectivity index is 1.77. The summed E-state index contributed by atoms with van der Waals surface area (Å²) in [5.41, 5.74) is 1.71. The number of nitrogens with zero attached hydrogens (tertiary/aromatic N) is 4. The summed E-state index contributed by atoms with van der Waals surface area (Å²) in [5.74, 6) is 1.65. The van der Waals surface area contributed by atoms with Crippen molar-refractivity contribution in [3.8, 4) is 0 Å². The monoisotopic (exact) mass is 370 g/mol. The van der Waals surface area contributed by atoms with E-state index in [0.29, 0.717) is 29.4 Å². The second-order valence-electron chi connectivity index (χ2n) is 7.92. The molecule has 1 saturated heterocycles. The molecule has 0 unspecified atom stereocenters. The highest BCUT2D eigenvalue weighted by Crippen LogP contribution is 2.24. The lowest BCUT2D eigenvalue weighted by atomic mass is 9.91. The highest BCUT2D eigenvalue weighted by molar-refractivity contribution is 5.83. The molecule has 4 heterocycles. The van der Waals surface area contributed by atoms with Crippen LogP contribution < -0.4 is 5.56 Å². The molecule has 3 aromatic heterocycles. The van der Waals surface area contributed by atoms with Gasteiger partial charge >= 0.3 is 0 Å². The maximum absolute atomic E-state index is 13.1. The van der Waals surface area contributed by atoms with Crippen LogP contribution in [0.3, 0.4) is 0 Å². The fourth-order valence-electron chi connectivity index (χ4n) is 4.40. The lowest BCUT2D eigenvalue weighted by Crippen LogP contribution is -2.47. The summed E-state index contributed by atoms with van der Waals surface area (Å²) in [7, 11) is 0. The van der Waals surface area contributed by atoms with Gasteiger partial charge in [0.2, 0.25) is 5.91 Å². The molecule has 0 N–H and O–H groups in total. The van der Waals surface area contributed by atoms with Crippen LogP contribution in [0.5, 0.6) is 0 Å². The molecular formula is C20H26N4O3. The van der Waals surface area contributed by atoms with Crippen molar-refractivity contribution in [2.75, 3.05) is 13.1 Å². The number of carbonyl (C=O) groups is 1. The van der Waals surface area contributed by atoms with Crippen molar-refractivity contribution in [3.63, 3.8) is 0 Å². The fraction of sp³-hybridized carbons (Fsp3) is 0.550. The second kappa shape index (κ2) is 6.55. The number of aromatic nitrogens is 3. The standard InChI is InChI=1S/C20H26N4O3/c1-5-18-21-24(14(4)19(25)22-10-12(2)8-13(3)11-22)20(26)16-9-17-15(23(16)18)6-7-27-17/h6-7,9,12-14H,5,8,10-11H2,1-4H3/t12-,13+,14-/m0/s1. The number of carbonyl (C=O) groups excluding carboxylic acids is 1. The van der Waals surface area contributed by atoms with E-state index in [2.05, 4.69) is 18.9 Å². The maximum atomic E-state index is 13.1. The largest absolute Gasteiger partial charge is 0.463 e. The highest BCUT2D eigenvalue weighted by atomic mass is 16.3. The van der Waals surface area contributed by atoms with Crippen LogP contribution in [-0.2, 0) is 11.2 Å². The molecule has 7 heteroatoms. The lowest BCUT2D eigenvalue weighted by Gasteiger charge is -2.36. The van der Waals surface area contributed by atoms with Crippen molar-refractivity contribution < 1.29 is 9.21 Å². The van der Waals surface area contributed by atoms with E-state index >= 15 is 0 Å². The third-order valence-corrected chi connectivity index (χ3v) is 5.55. The van der Waals surface area contributed by atoms with Gasteiger partial charge < -0.3 is 9.32 Å². The first-order valence-electron chi connectivity index (χ1n) is 9.69. The number of aryl methyl sites for hydroxylation is 1. The molecule has 0 spiro atoms. The molecule has 3 aromatic rings. The van der Waals surface area contributed by atoms with E-state index in [9.17, 15) is 9.59 Å². The number of likely N-dealkylation sites (tertiary alicyclic amines) is 1. The van der Waals surface area contributed by atoms with Crippen molar-refractivity contribution in [2.24, 2.45) is 11.8 Å². The van der Waals surface area contributed by atoms with Gasteiger partial charge in [0.25, 0.3) is 5.56 Å². The van der Waals surface area contributed by atoms with Gasteiger partial charge in [-0.2, -0.15) is 5.10 Å². The third kappa shape index (κ3) is 2.85. The molecule has 0 bridgehead atoms. The lowest BCUT2D eigenvalue weighted by molar-refractivity contribution is -0.137. The quantitative estimate of drug-likeness (QED) is 0.711. The van der Waals surface area contributed by atoms with Gasteiger partial charge in [-0.15, -0.1) is 0 Å². The van der Waals surface area contributed by atoms with E-state index < -0.39 is 6.04 Å². The Morgan fingerprint density at radius 1 is 1.30 bits per heavy atom. The summed E-state index contributed by atoms with van der Waals surface area (Å²) in [5, 5.41) is 4.55. The summed E-state index contributed by atoms with van der Waals surface area (Å²) in [6.07, 6.45) is 3.38. The van der Waals surface area contributed by atoms with Crippen LogP contribution in [0.25, 0.3) is 16.6 Å². The molecule has 1 amide bonds. The van der Waals surface area contributed by atoms with Gasteiger partial charge in [-0.1, -0.05) is 20.8 Å². The van der Waals surface area contributed by atoms with Crippen molar-refractivity contribution in [1.82, 2.24) is 19.1 Å². The van der Waals surface area contributed by atoms with Crippen LogP contribution in [0, 0.1) is 11.8 Å². The number of piperidine rings is 1. The van der Waals surface area contributed by atoms with E-state index in [0.717, 1.165) is 30.9 Å². The Morgan fingerprint density at radius 3 is 2.67 bits per heavy atom. The van der Waals surface area contributed by atoms with Gasteiger partial charge in [0.1, 0.15) is 17.4 Å². The van der Waals surface area contributed by atoms with Crippen LogP contribution in [-0.4, -0.2) is 38.1 Å². The first-order chi connectivity index (χ1) is 12.9. The third-order valence-electron chi connectivity index (χ3n) is 5.55. The number of rotatable bonds is 3. The average molecular weight is 370 g/mol. The second-order valence-corrected chi connectivity index (χ2v) is 7.92. The minimum absolute atomic E-state index is 0.0374. The van der Waals surface area contributed by atoms with Crippen LogP contribution in [0.15, 0.2) is 27.6 Å². The molecule has 0 radical (unpaired) electrons. The van der Waals surface area contributed by atoms with Crippen molar-refractivity contribution in [1.29, 1.82) is 0 Å². The van der Waals surface area contributed by atoms with E-state index in [4.69, 9.17) is 4.42 Å². The van der Waals surface area contributed by atoms with Crippen LogP contribution in [0.1, 0.15) is 46.0 Å². The predicted octanol–water partition coefficient (Wildman–Crippen LogP) is 2.87. The number of hydrogen-bond acceptors (Lipinski definition) is 4. The van der Waals surface area contributed by atoms with Gasteiger partial charge in [-0.05, 0) is 25.2 Å². The molecule has 4 rings (SSSR count). The zero-order chi connectivity index (χ0) is 19.3. The van der Waals surface area contributed by atoms with E-state index in [1.54, 1.807) is 19.3 Å². The molecule has 0 aromatic carbocycles. The number of hydrogen-bond donors (Lipinski definition) is 0. The first kappa shape index (κ1) is 17.8. The first-order valence-corrected chi connectivity index (χ1v) is 9.69. The Morgan fingerprint density at radius 2 is 2.00 bits per heavy atom. The van der Waals surface area contributed by atoms with E-state index in [-0.39, 0.29) is 11.5 Å². The zero-order valence-corrected chi connectivity index (χ0v) is 16.3. The van der Waals surface area contributed by atoms with Crippen LogP contribution in [0.4, 0.5) is 0 Å². The van der Waals surface area contributed by atoms with Crippen molar-refractivity contribution >= 4 is 22.5 Å². The summed E-state index contributed by atoms with van der Waals surface area (Å²) < 4.78 is 8.63. The van der Waals surface area contributed by atoms with Gasteiger partial charge in [0, 0.05) is 31.6 Å². The minimum atomic E-state index is -0.633. The summed E-state index contributed by atoms with van der Waals surface area (Å²) in [4.78, 5) is 28.1. The van der Waals surface area contributed by atoms with Gasteiger partial charge in [-0.25, -0.2) is 4.68 Å². The normalized spacial score (nSPS) is 21.9. The summed E-state index contributed by atoms with van der Waals surface area (Å²) in [6, 6.07) is 2.93.